The van der Waals surface area contributed by atoms with Crippen LogP contribution in [0.4, 0.5) is 0 Å². The molecule has 1 aromatic rings. The second-order valence-electron chi connectivity index (χ2n) is 3.85. The van der Waals surface area contributed by atoms with Crippen LogP contribution in [0, 0.1) is 6.92 Å². The summed E-state index contributed by atoms with van der Waals surface area (Å²) < 4.78 is 12.0. The van der Waals surface area contributed by atoms with Gasteiger partial charge in [-0.2, -0.15) is 5.10 Å². The highest BCUT2D eigenvalue weighted by atomic mass is 16.5. The lowest BCUT2D eigenvalue weighted by molar-refractivity contribution is -0.146. The molecule has 0 N–H and O–H groups in total. The Labute approximate surface area is 99.2 Å². The molecule has 0 fully saturated rings. The number of ether oxygens (including phenoxy) is 2. The number of carbonyl (C=O) groups is 1. The van der Waals surface area contributed by atoms with Gasteiger partial charge in [0.1, 0.15) is 0 Å². The second-order valence-corrected chi connectivity index (χ2v) is 3.85. The molecule has 6 heteroatoms. The summed E-state index contributed by atoms with van der Waals surface area (Å²) in [5, 5.41) is 4.22. The molecular formula is C11H15N3O3. The number of aromatic nitrogens is 2. The summed E-state index contributed by atoms with van der Waals surface area (Å²) in [5.41, 5.74) is 1.69. The molecule has 0 amide bonds. The molecule has 2 rings (SSSR count). The maximum absolute atomic E-state index is 11.7. The standard InChI is InChI=1S/C11H15N3O3/c1-4-16-11(15)9-10(17-6-12-9)8-5-14(3)13-7(8)2/h5-6,9-10H,4H2,1-3H3. The molecule has 0 saturated heterocycles. The van der Waals surface area contributed by atoms with E-state index in [1.54, 1.807) is 11.6 Å². The quantitative estimate of drug-likeness (QED) is 0.728. The molecule has 0 saturated carbocycles. The first kappa shape index (κ1) is 11.6. The molecule has 2 unspecified atom stereocenters. The van der Waals surface area contributed by atoms with Gasteiger partial charge in [-0.3, -0.25) is 4.68 Å². The fraction of sp³-hybridized carbons (Fsp3) is 0.545. The largest absolute Gasteiger partial charge is 0.473 e. The monoisotopic (exact) mass is 237 g/mol. The summed E-state index contributed by atoms with van der Waals surface area (Å²) in [6, 6.07) is -0.627. The Kier molecular flexibility index (Phi) is 3.12. The van der Waals surface area contributed by atoms with Crippen LogP contribution in [0.2, 0.25) is 0 Å². The zero-order chi connectivity index (χ0) is 12.4. The molecule has 0 bridgehead atoms. The molecule has 2 atom stereocenters. The maximum atomic E-state index is 11.7. The van der Waals surface area contributed by atoms with E-state index in [0.717, 1.165) is 11.3 Å². The van der Waals surface area contributed by atoms with Gasteiger partial charge in [-0.05, 0) is 13.8 Å². The van der Waals surface area contributed by atoms with Crippen molar-refractivity contribution in [2.75, 3.05) is 6.61 Å². The first-order valence-corrected chi connectivity index (χ1v) is 5.47. The summed E-state index contributed by atoms with van der Waals surface area (Å²) in [4.78, 5) is 15.7. The zero-order valence-electron chi connectivity index (χ0n) is 10.1. The van der Waals surface area contributed by atoms with Crippen LogP contribution >= 0.6 is 0 Å². The van der Waals surface area contributed by atoms with E-state index in [2.05, 4.69) is 10.1 Å². The van der Waals surface area contributed by atoms with Gasteiger partial charge in [0, 0.05) is 18.8 Å². The van der Waals surface area contributed by atoms with Crippen LogP contribution in [-0.2, 0) is 21.3 Å². The number of esters is 1. The highest BCUT2D eigenvalue weighted by Crippen LogP contribution is 2.29. The van der Waals surface area contributed by atoms with E-state index in [4.69, 9.17) is 9.47 Å². The number of carbonyl (C=O) groups excluding carboxylic acids is 1. The van der Waals surface area contributed by atoms with Gasteiger partial charge >= 0.3 is 5.97 Å². The van der Waals surface area contributed by atoms with Crippen LogP contribution in [0.5, 0.6) is 0 Å². The van der Waals surface area contributed by atoms with Gasteiger partial charge in [0.2, 0.25) is 0 Å². The Morgan fingerprint density at radius 1 is 1.65 bits per heavy atom. The summed E-state index contributed by atoms with van der Waals surface area (Å²) in [7, 11) is 1.83. The fourth-order valence-corrected chi connectivity index (χ4v) is 1.87. The van der Waals surface area contributed by atoms with Gasteiger partial charge < -0.3 is 9.47 Å². The van der Waals surface area contributed by atoms with Crippen molar-refractivity contribution in [2.24, 2.45) is 12.0 Å². The Morgan fingerprint density at radius 3 is 3.00 bits per heavy atom. The van der Waals surface area contributed by atoms with Gasteiger partial charge in [0.15, 0.2) is 18.5 Å². The molecular weight excluding hydrogens is 222 g/mol. The van der Waals surface area contributed by atoms with E-state index < -0.39 is 12.1 Å². The van der Waals surface area contributed by atoms with Gasteiger partial charge in [-0.25, -0.2) is 9.79 Å². The first-order chi connectivity index (χ1) is 8.13. The van der Waals surface area contributed by atoms with Crippen LogP contribution in [0.3, 0.4) is 0 Å². The molecule has 0 aliphatic carbocycles. The SMILES string of the molecule is CCOC(=O)C1N=COC1c1cn(C)nc1C. The lowest BCUT2D eigenvalue weighted by Gasteiger charge is -2.15. The third kappa shape index (κ3) is 2.15. The van der Waals surface area contributed by atoms with Gasteiger partial charge in [0.25, 0.3) is 0 Å². The number of hydrogen-bond acceptors (Lipinski definition) is 5. The molecule has 2 heterocycles. The molecule has 1 aliphatic heterocycles. The van der Waals surface area contributed by atoms with E-state index in [0.29, 0.717) is 6.61 Å². The van der Waals surface area contributed by atoms with E-state index in [1.165, 1.54) is 6.40 Å². The minimum absolute atomic E-state index is 0.337. The van der Waals surface area contributed by atoms with Crippen LogP contribution in [0.1, 0.15) is 24.3 Å². The summed E-state index contributed by atoms with van der Waals surface area (Å²) in [6.45, 7) is 3.98. The first-order valence-electron chi connectivity index (χ1n) is 5.47. The highest BCUT2D eigenvalue weighted by molar-refractivity contribution is 5.80. The second kappa shape index (κ2) is 4.57. The van der Waals surface area contributed by atoms with Crippen LogP contribution in [0.25, 0.3) is 0 Å². The molecule has 92 valence electrons. The lowest BCUT2D eigenvalue weighted by atomic mass is 10.0. The smallest absolute Gasteiger partial charge is 0.335 e. The predicted octanol–water partition coefficient (Wildman–Crippen LogP) is 0.760. The van der Waals surface area contributed by atoms with Crippen molar-refractivity contribution in [1.29, 1.82) is 0 Å². The van der Waals surface area contributed by atoms with Crippen molar-refractivity contribution >= 4 is 12.4 Å². The Balaban J connectivity index is 2.21. The predicted molar refractivity (Wildman–Crippen MR) is 60.7 cm³/mol. The van der Waals surface area contributed by atoms with Crippen molar-refractivity contribution < 1.29 is 14.3 Å². The van der Waals surface area contributed by atoms with Crippen LogP contribution in [-0.4, -0.2) is 34.8 Å². The van der Waals surface area contributed by atoms with Crippen molar-refractivity contribution in [3.05, 3.63) is 17.5 Å². The maximum Gasteiger partial charge on any atom is 0.335 e. The number of rotatable bonds is 3. The molecule has 17 heavy (non-hydrogen) atoms. The summed E-state index contributed by atoms with van der Waals surface area (Å²) in [6.07, 6.45) is 2.71. The normalized spacial score (nSPS) is 22.5. The third-order valence-corrected chi connectivity index (χ3v) is 2.60. The van der Waals surface area contributed by atoms with Gasteiger partial charge in [-0.15, -0.1) is 0 Å². The molecule has 0 radical (unpaired) electrons. The average molecular weight is 237 g/mol. The van der Waals surface area contributed by atoms with Gasteiger partial charge in [0.05, 0.1) is 12.3 Å². The average Bonchev–Trinajstić information content (AvgIpc) is 2.84. The van der Waals surface area contributed by atoms with Crippen molar-refractivity contribution in [2.45, 2.75) is 26.0 Å². The number of aryl methyl sites for hydroxylation is 2. The summed E-state index contributed by atoms with van der Waals surface area (Å²) >= 11 is 0. The van der Waals surface area contributed by atoms with E-state index >= 15 is 0 Å². The molecule has 0 spiro atoms. The molecule has 1 aliphatic rings. The molecule has 6 nitrogen and oxygen atoms in total. The number of nitrogens with zero attached hydrogens (tertiary/aromatic N) is 3. The van der Waals surface area contributed by atoms with Crippen molar-refractivity contribution in [3.8, 4) is 0 Å². The Bertz CT molecular complexity index is 453. The van der Waals surface area contributed by atoms with Crippen molar-refractivity contribution in [3.63, 3.8) is 0 Å². The third-order valence-electron chi connectivity index (χ3n) is 2.60. The van der Waals surface area contributed by atoms with Gasteiger partial charge in [-0.1, -0.05) is 0 Å². The Morgan fingerprint density at radius 2 is 2.41 bits per heavy atom. The van der Waals surface area contributed by atoms with Crippen molar-refractivity contribution in [1.82, 2.24) is 9.78 Å². The Hall–Kier alpha value is -1.85. The highest BCUT2D eigenvalue weighted by Gasteiger charge is 2.36. The fourth-order valence-electron chi connectivity index (χ4n) is 1.87. The lowest BCUT2D eigenvalue weighted by Crippen LogP contribution is -2.26. The minimum atomic E-state index is -0.627. The number of hydrogen-bond donors (Lipinski definition) is 0. The minimum Gasteiger partial charge on any atom is -0.473 e. The van der Waals surface area contributed by atoms with Crippen LogP contribution < -0.4 is 0 Å². The molecule has 1 aromatic heterocycles. The summed E-state index contributed by atoms with van der Waals surface area (Å²) in [5.74, 6) is -0.366. The number of aliphatic imine (C=N–C) groups is 1. The van der Waals surface area contributed by atoms with E-state index in [9.17, 15) is 4.79 Å². The van der Waals surface area contributed by atoms with Crippen LogP contribution in [0.15, 0.2) is 11.2 Å². The van der Waals surface area contributed by atoms with E-state index in [-0.39, 0.29) is 5.97 Å². The van der Waals surface area contributed by atoms with E-state index in [1.807, 2.05) is 20.2 Å². The molecule has 0 aromatic carbocycles. The zero-order valence-corrected chi connectivity index (χ0v) is 10.1. The topological polar surface area (TPSA) is 65.7 Å².